The van der Waals surface area contributed by atoms with E-state index in [1.165, 1.54) is 6.07 Å². The highest BCUT2D eigenvalue weighted by molar-refractivity contribution is 5.83. The van der Waals surface area contributed by atoms with Crippen molar-refractivity contribution in [2.45, 2.75) is 37.0 Å². The summed E-state index contributed by atoms with van der Waals surface area (Å²) in [5.41, 5.74) is -0.531. The molecule has 0 radical (unpaired) electrons. The van der Waals surface area contributed by atoms with Gasteiger partial charge < -0.3 is 10.2 Å². The predicted molar refractivity (Wildman–Crippen MR) is 60.8 cm³/mol. The van der Waals surface area contributed by atoms with Crippen LogP contribution < -0.4 is 0 Å². The summed E-state index contributed by atoms with van der Waals surface area (Å²) in [4.78, 5) is 11.5. The fourth-order valence-corrected chi connectivity index (χ4v) is 2.66. The first kappa shape index (κ1) is 13.9. The number of aryl methyl sites for hydroxylation is 1. The van der Waals surface area contributed by atoms with Gasteiger partial charge in [-0.05, 0) is 24.0 Å². The van der Waals surface area contributed by atoms with Crippen molar-refractivity contribution in [3.05, 3.63) is 35.4 Å². The molecule has 0 amide bonds. The molecule has 104 valence electrons. The third-order valence-corrected chi connectivity index (χ3v) is 3.68. The Morgan fingerprint density at radius 1 is 1.37 bits per heavy atom. The van der Waals surface area contributed by atoms with Gasteiger partial charge in [0.15, 0.2) is 6.10 Å². The van der Waals surface area contributed by atoms with Gasteiger partial charge in [0.05, 0.1) is 5.41 Å². The number of benzene rings is 1. The van der Waals surface area contributed by atoms with E-state index in [9.17, 15) is 28.2 Å². The molecule has 0 fully saturated rings. The van der Waals surface area contributed by atoms with Crippen LogP contribution in [0, 0.1) is 0 Å². The molecule has 0 spiro atoms. The van der Waals surface area contributed by atoms with Gasteiger partial charge in [-0.1, -0.05) is 24.3 Å². The van der Waals surface area contributed by atoms with Crippen molar-refractivity contribution in [1.82, 2.24) is 0 Å². The average Bonchev–Trinajstić information content (AvgIpc) is 2.69. The maximum Gasteiger partial charge on any atom is 0.414 e. The second kappa shape index (κ2) is 4.52. The molecule has 0 saturated heterocycles. The van der Waals surface area contributed by atoms with E-state index >= 15 is 0 Å². The number of carboxylic acid groups (broad SMARTS) is 1. The molecule has 1 aliphatic carbocycles. The van der Waals surface area contributed by atoms with Crippen LogP contribution >= 0.6 is 0 Å². The summed E-state index contributed by atoms with van der Waals surface area (Å²) in [6.07, 6.45) is -7.79. The highest BCUT2D eigenvalue weighted by Crippen LogP contribution is 2.44. The fourth-order valence-electron chi connectivity index (χ4n) is 2.66. The summed E-state index contributed by atoms with van der Waals surface area (Å²) in [6, 6.07) is 6.55. The van der Waals surface area contributed by atoms with Crippen LogP contribution in [-0.2, 0) is 16.6 Å². The molecule has 0 bridgehead atoms. The van der Waals surface area contributed by atoms with E-state index in [0.29, 0.717) is 12.0 Å². The van der Waals surface area contributed by atoms with Crippen molar-refractivity contribution in [3.8, 4) is 0 Å². The van der Waals surface area contributed by atoms with Crippen molar-refractivity contribution in [3.63, 3.8) is 0 Å². The van der Waals surface area contributed by atoms with E-state index in [2.05, 4.69) is 0 Å². The molecule has 2 rings (SSSR count). The molecule has 0 aliphatic heterocycles. The number of halogens is 3. The predicted octanol–water partition coefficient (Wildman–Crippen LogP) is 2.27. The zero-order valence-corrected chi connectivity index (χ0v) is 9.94. The van der Waals surface area contributed by atoms with Crippen LogP contribution in [0.5, 0.6) is 0 Å². The van der Waals surface area contributed by atoms with E-state index in [4.69, 9.17) is 0 Å². The molecule has 2 unspecified atom stereocenters. The van der Waals surface area contributed by atoms with Crippen LogP contribution in [0.25, 0.3) is 0 Å². The number of carboxylic acids is 1. The van der Waals surface area contributed by atoms with Gasteiger partial charge >= 0.3 is 12.1 Å². The first-order valence-corrected chi connectivity index (χ1v) is 5.84. The standard InChI is InChI=1S/C13H13F3O3/c14-13(15,16)10(17)7-12(11(18)19)6-5-8-3-1-2-4-9(8)12/h1-4,10,17H,5-7H2,(H,18,19). The smallest absolute Gasteiger partial charge is 0.414 e. The Kier molecular flexibility index (Phi) is 3.30. The van der Waals surface area contributed by atoms with E-state index in [1.807, 2.05) is 0 Å². The highest BCUT2D eigenvalue weighted by Gasteiger charge is 2.51. The first-order chi connectivity index (χ1) is 8.77. The lowest BCUT2D eigenvalue weighted by molar-refractivity contribution is -0.210. The van der Waals surface area contributed by atoms with Gasteiger partial charge in [0, 0.05) is 6.42 Å². The van der Waals surface area contributed by atoms with Crippen LogP contribution in [0.15, 0.2) is 24.3 Å². The van der Waals surface area contributed by atoms with Gasteiger partial charge in [-0.2, -0.15) is 13.2 Å². The SMILES string of the molecule is O=C(O)C1(CC(O)C(F)(F)F)CCc2ccccc21. The minimum Gasteiger partial charge on any atom is -0.481 e. The minimum absolute atomic E-state index is 0.0782. The van der Waals surface area contributed by atoms with Gasteiger partial charge in [0.25, 0.3) is 0 Å². The maximum absolute atomic E-state index is 12.5. The Morgan fingerprint density at radius 2 is 2.00 bits per heavy atom. The number of hydrogen-bond acceptors (Lipinski definition) is 2. The molecule has 1 aromatic carbocycles. The molecule has 2 atom stereocenters. The Morgan fingerprint density at radius 3 is 2.58 bits per heavy atom. The van der Waals surface area contributed by atoms with Crippen LogP contribution in [0.2, 0.25) is 0 Å². The number of alkyl halides is 3. The lowest BCUT2D eigenvalue weighted by Gasteiger charge is -2.29. The van der Waals surface area contributed by atoms with Crippen molar-refractivity contribution in [2.75, 3.05) is 0 Å². The molecule has 0 aromatic heterocycles. The number of carbonyl (C=O) groups is 1. The summed E-state index contributed by atoms with van der Waals surface area (Å²) in [5.74, 6) is -1.32. The first-order valence-electron chi connectivity index (χ1n) is 5.84. The Hall–Kier alpha value is -1.56. The van der Waals surface area contributed by atoms with Crippen molar-refractivity contribution < 1.29 is 28.2 Å². The van der Waals surface area contributed by atoms with Crippen LogP contribution in [0.1, 0.15) is 24.0 Å². The molecule has 1 aromatic rings. The molecule has 2 N–H and O–H groups in total. The van der Waals surface area contributed by atoms with Gasteiger partial charge in [0.2, 0.25) is 0 Å². The second-order valence-corrected chi connectivity index (χ2v) is 4.81. The fraction of sp³-hybridized carbons (Fsp3) is 0.462. The third kappa shape index (κ3) is 2.32. The largest absolute Gasteiger partial charge is 0.481 e. The molecule has 0 heterocycles. The summed E-state index contributed by atoms with van der Waals surface area (Å²) < 4.78 is 37.4. The number of hydrogen-bond donors (Lipinski definition) is 2. The molecule has 1 aliphatic rings. The van der Waals surface area contributed by atoms with Crippen molar-refractivity contribution in [2.24, 2.45) is 0 Å². The third-order valence-electron chi connectivity index (χ3n) is 3.68. The van der Waals surface area contributed by atoms with E-state index < -0.39 is 30.1 Å². The highest BCUT2D eigenvalue weighted by atomic mass is 19.4. The van der Waals surface area contributed by atoms with Gasteiger partial charge in [0.1, 0.15) is 0 Å². The number of aliphatic carboxylic acids is 1. The number of aliphatic hydroxyl groups is 1. The lowest BCUT2D eigenvalue weighted by Crippen LogP contribution is -2.42. The van der Waals surface area contributed by atoms with Crippen LogP contribution in [-0.4, -0.2) is 28.5 Å². The topological polar surface area (TPSA) is 57.5 Å². The lowest BCUT2D eigenvalue weighted by atomic mass is 9.77. The quantitative estimate of drug-likeness (QED) is 0.889. The summed E-state index contributed by atoms with van der Waals surface area (Å²) in [5, 5.41) is 18.5. The monoisotopic (exact) mass is 274 g/mol. The molecule has 6 heteroatoms. The van der Waals surface area contributed by atoms with Gasteiger partial charge in [-0.15, -0.1) is 0 Å². The zero-order chi connectivity index (χ0) is 14.3. The zero-order valence-electron chi connectivity index (χ0n) is 9.94. The summed E-state index contributed by atoms with van der Waals surface area (Å²) >= 11 is 0. The summed E-state index contributed by atoms with van der Waals surface area (Å²) in [7, 11) is 0. The van der Waals surface area contributed by atoms with Crippen molar-refractivity contribution >= 4 is 5.97 Å². The number of fused-ring (bicyclic) bond motifs is 1. The molecule has 19 heavy (non-hydrogen) atoms. The summed E-state index contributed by atoms with van der Waals surface area (Å²) in [6.45, 7) is 0. The van der Waals surface area contributed by atoms with Crippen LogP contribution in [0.3, 0.4) is 0 Å². The Labute approximate surface area is 107 Å². The normalized spacial score (nSPS) is 24.0. The number of aliphatic hydroxyl groups excluding tert-OH is 1. The molecular weight excluding hydrogens is 261 g/mol. The van der Waals surface area contributed by atoms with E-state index in [0.717, 1.165) is 5.56 Å². The van der Waals surface area contributed by atoms with Crippen molar-refractivity contribution in [1.29, 1.82) is 0 Å². The second-order valence-electron chi connectivity index (χ2n) is 4.81. The van der Waals surface area contributed by atoms with Gasteiger partial charge in [-0.25, -0.2) is 0 Å². The van der Waals surface area contributed by atoms with Crippen LogP contribution in [0.4, 0.5) is 13.2 Å². The average molecular weight is 274 g/mol. The van der Waals surface area contributed by atoms with Gasteiger partial charge in [-0.3, -0.25) is 4.79 Å². The molecule has 3 nitrogen and oxygen atoms in total. The molecular formula is C13H13F3O3. The van der Waals surface area contributed by atoms with E-state index in [1.54, 1.807) is 18.2 Å². The Balaban J connectivity index is 2.40. The molecule has 0 saturated carbocycles. The Bertz CT molecular complexity index is 498. The maximum atomic E-state index is 12.5. The number of rotatable bonds is 3. The van der Waals surface area contributed by atoms with E-state index in [-0.39, 0.29) is 6.42 Å². The minimum atomic E-state index is -4.81.